The summed E-state index contributed by atoms with van der Waals surface area (Å²) in [6, 6.07) is 6.60. The van der Waals surface area contributed by atoms with Crippen LogP contribution in [0.25, 0.3) is 0 Å². The number of fused-ring (bicyclic) bond motifs is 1. The van der Waals surface area contributed by atoms with Crippen LogP contribution in [0.4, 0.5) is 0 Å². The van der Waals surface area contributed by atoms with Gasteiger partial charge in [-0.3, -0.25) is 0 Å². The first kappa shape index (κ1) is 14.2. The molecule has 1 heterocycles. The van der Waals surface area contributed by atoms with Gasteiger partial charge in [-0.1, -0.05) is 51.5 Å². The van der Waals surface area contributed by atoms with Crippen LogP contribution in [0.1, 0.15) is 44.4 Å². The predicted octanol–water partition coefficient (Wildman–Crippen LogP) is 4.12. The standard InChI is InChI=1S/C10H12O.2C2H6/c1-8-2-3-9-4-5-11-7-10(9)6-8;2*1-2/h2-3,6H,4-5,7H2,1H3;2*1-2H3. The smallest absolute Gasteiger partial charge is 0.0719 e. The van der Waals surface area contributed by atoms with Crippen LogP contribution < -0.4 is 0 Å². The van der Waals surface area contributed by atoms with Crippen molar-refractivity contribution in [2.45, 2.75) is 47.6 Å². The molecular weight excluding hydrogens is 184 g/mol. The summed E-state index contributed by atoms with van der Waals surface area (Å²) < 4.78 is 5.35. The van der Waals surface area contributed by atoms with E-state index in [0.717, 1.165) is 19.6 Å². The molecule has 0 unspecified atom stereocenters. The lowest BCUT2D eigenvalue weighted by Gasteiger charge is -2.16. The van der Waals surface area contributed by atoms with E-state index in [4.69, 9.17) is 4.74 Å². The van der Waals surface area contributed by atoms with E-state index in [1.807, 2.05) is 27.7 Å². The van der Waals surface area contributed by atoms with Crippen LogP contribution in [0.5, 0.6) is 0 Å². The molecule has 0 N–H and O–H groups in total. The molecule has 0 spiro atoms. The quantitative estimate of drug-likeness (QED) is 0.623. The summed E-state index contributed by atoms with van der Waals surface area (Å²) in [5.41, 5.74) is 4.16. The van der Waals surface area contributed by atoms with Gasteiger partial charge in [0.2, 0.25) is 0 Å². The Labute approximate surface area is 94.5 Å². The Kier molecular flexibility index (Phi) is 8.02. The Morgan fingerprint density at radius 3 is 2.33 bits per heavy atom. The second-order valence-electron chi connectivity index (χ2n) is 3.07. The zero-order chi connectivity index (χ0) is 11.7. The molecule has 1 aliphatic heterocycles. The molecule has 0 saturated heterocycles. The molecule has 2 rings (SSSR count). The fourth-order valence-corrected chi connectivity index (χ4v) is 1.50. The van der Waals surface area contributed by atoms with Crippen LogP contribution in [0.15, 0.2) is 18.2 Å². The van der Waals surface area contributed by atoms with E-state index in [2.05, 4.69) is 25.1 Å². The molecule has 0 bridgehead atoms. The van der Waals surface area contributed by atoms with Crippen LogP contribution in [0, 0.1) is 6.92 Å². The molecule has 1 aliphatic rings. The molecule has 0 aromatic heterocycles. The van der Waals surface area contributed by atoms with Gasteiger partial charge in [0.15, 0.2) is 0 Å². The second-order valence-corrected chi connectivity index (χ2v) is 3.07. The van der Waals surface area contributed by atoms with Gasteiger partial charge in [0.05, 0.1) is 13.2 Å². The molecule has 1 heteroatoms. The summed E-state index contributed by atoms with van der Waals surface area (Å²) in [4.78, 5) is 0. The number of ether oxygens (including phenoxy) is 1. The van der Waals surface area contributed by atoms with E-state index in [1.54, 1.807) is 0 Å². The maximum Gasteiger partial charge on any atom is 0.0719 e. The second kappa shape index (κ2) is 8.49. The van der Waals surface area contributed by atoms with Crippen molar-refractivity contribution in [3.8, 4) is 0 Å². The molecule has 0 radical (unpaired) electrons. The summed E-state index contributed by atoms with van der Waals surface area (Å²) in [5, 5.41) is 0. The van der Waals surface area contributed by atoms with Gasteiger partial charge in [0.1, 0.15) is 0 Å². The highest BCUT2D eigenvalue weighted by Gasteiger charge is 2.07. The first-order chi connectivity index (χ1) is 7.36. The Balaban J connectivity index is 0.000000442. The number of hydrogen-bond acceptors (Lipinski definition) is 1. The van der Waals surface area contributed by atoms with Gasteiger partial charge in [0.25, 0.3) is 0 Å². The average molecular weight is 208 g/mol. The third-order valence-corrected chi connectivity index (χ3v) is 2.14. The van der Waals surface area contributed by atoms with Crippen LogP contribution >= 0.6 is 0 Å². The molecule has 0 atom stereocenters. The van der Waals surface area contributed by atoms with Gasteiger partial charge < -0.3 is 4.74 Å². The summed E-state index contributed by atoms with van der Waals surface area (Å²) in [6.07, 6.45) is 1.08. The van der Waals surface area contributed by atoms with Gasteiger partial charge in [-0.25, -0.2) is 0 Å². The van der Waals surface area contributed by atoms with Gasteiger partial charge in [0, 0.05) is 0 Å². The molecule has 1 aromatic rings. The maximum absolute atomic E-state index is 5.35. The zero-order valence-electron chi connectivity index (χ0n) is 10.8. The lowest BCUT2D eigenvalue weighted by Crippen LogP contribution is -2.09. The van der Waals surface area contributed by atoms with Crippen molar-refractivity contribution in [2.75, 3.05) is 6.61 Å². The molecule has 0 saturated carbocycles. The highest BCUT2D eigenvalue weighted by molar-refractivity contribution is 5.32. The molecular formula is C14H24O. The van der Waals surface area contributed by atoms with Crippen molar-refractivity contribution >= 4 is 0 Å². The van der Waals surface area contributed by atoms with E-state index in [1.165, 1.54) is 16.7 Å². The predicted molar refractivity (Wildman–Crippen MR) is 67.2 cm³/mol. The fourth-order valence-electron chi connectivity index (χ4n) is 1.50. The van der Waals surface area contributed by atoms with Gasteiger partial charge in [-0.05, 0) is 24.5 Å². The Morgan fingerprint density at radius 1 is 1.00 bits per heavy atom. The molecule has 0 amide bonds. The average Bonchev–Trinajstić information content (AvgIpc) is 2.34. The van der Waals surface area contributed by atoms with Crippen molar-refractivity contribution in [3.05, 3.63) is 34.9 Å². The highest BCUT2D eigenvalue weighted by atomic mass is 16.5. The Bertz CT molecular complexity index is 266. The van der Waals surface area contributed by atoms with Gasteiger partial charge >= 0.3 is 0 Å². The molecule has 1 nitrogen and oxygen atoms in total. The van der Waals surface area contributed by atoms with Crippen LogP contribution in [-0.2, 0) is 17.8 Å². The third kappa shape index (κ3) is 4.48. The first-order valence-electron chi connectivity index (χ1n) is 6.02. The largest absolute Gasteiger partial charge is 0.376 e. The van der Waals surface area contributed by atoms with Crippen molar-refractivity contribution in [2.24, 2.45) is 0 Å². The van der Waals surface area contributed by atoms with Crippen molar-refractivity contribution in [3.63, 3.8) is 0 Å². The molecule has 86 valence electrons. The SMILES string of the molecule is CC.CC.Cc1ccc2c(c1)COCC2. The van der Waals surface area contributed by atoms with E-state index >= 15 is 0 Å². The summed E-state index contributed by atoms with van der Waals surface area (Å²) >= 11 is 0. The van der Waals surface area contributed by atoms with Crippen molar-refractivity contribution < 1.29 is 4.74 Å². The van der Waals surface area contributed by atoms with E-state index < -0.39 is 0 Å². The van der Waals surface area contributed by atoms with Crippen LogP contribution in [-0.4, -0.2) is 6.61 Å². The summed E-state index contributed by atoms with van der Waals surface area (Å²) in [6.45, 7) is 11.8. The van der Waals surface area contributed by atoms with Crippen LogP contribution in [0.2, 0.25) is 0 Å². The third-order valence-electron chi connectivity index (χ3n) is 2.14. The maximum atomic E-state index is 5.35. The minimum atomic E-state index is 0.803. The fraction of sp³-hybridized carbons (Fsp3) is 0.571. The topological polar surface area (TPSA) is 9.23 Å². The number of benzene rings is 1. The van der Waals surface area contributed by atoms with Gasteiger partial charge in [-0.15, -0.1) is 0 Å². The minimum absolute atomic E-state index is 0.803. The summed E-state index contributed by atoms with van der Waals surface area (Å²) in [7, 11) is 0. The highest BCUT2D eigenvalue weighted by Crippen LogP contribution is 2.17. The Hall–Kier alpha value is -0.820. The number of aryl methyl sites for hydroxylation is 1. The number of rotatable bonds is 0. The van der Waals surface area contributed by atoms with E-state index in [-0.39, 0.29) is 0 Å². The lowest BCUT2D eigenvalue weighted by atomic mass is 10.0. The lowest BCUT2D eigenvalue weighted by molar-refractivity contribution is 0.110. The molecule has 15 heavy (non-hydrogen) atoms. The van der Waals surface area contributed by atoms with Gasteiger partial charge in [-0.2, -0.15) is 0 Å². The van der Waals surface area contributed by atoms with Crippen molar-refractivity contribution in [1.82, 2.24) is 0 Å². The molecule has 1 aromatic carbocycles. The van der Waals surface area contributed by atoms with Crippen molar-refractivity contribution in [1.29, 1.82) is 0 Å². The minimum Gasteiger partial charge on any atom is -0.376 e. The first-order valence-corrected chi connectivity index (χ1v) is 6.02. The molecule has 0 aliphatic carbocycles. The number of hydrogen-bond donors (Lipinski definition) is 0. The molecule has 0 fully saturated rings. The summed E-state index contributed by atoms with van der Waals surface area (Å²) in [5.74, 6) is 0. The van der Waals surface area contributed by atoms with E-state index in [9.17, 15) is 0 Å². The monoisotopic (exact) mass is 208 g/mol. The van der Waals surface area contributed by atoms with E-state index in [0.29, 0.717) is 0 Å². The Morgan fingerprint density at radius 2 is 1.67 bits per heavy atom. The normalized spacial score (nSPS) is 12.6. The zero-order valence-corrected chi connectivity index (χ0v) is 10.8. The van der Waals surface area contributed by atoms with Crippen LogP contribution in [0.3, 0.4) is 0 Å².